The molecule has 2 N–H and O–H groups in total. The third-order valence-electron chi connectivity index (χ3n) is 3.52. The fourth-order valence-electron chi connectivity index (χ4n) is 2.22. The quantitative estimate of drug-likeness (QED) is 0.796. The van der Waals surface area contributed by atoms with E-state index in [1.165, 1.54) is 0 Å². The number of halogens is 1. The molecule has 106 valence electrons. The summed E-state index contributed by atoms with van der Waals surface area (Å²) in [6.07, 6.45) is 6.14. The second kappa shape index (κ2) is 8.28. The Balaban J connectivity index is 2.45. The minimum atomic E-state index is 0.232. The zero-order valence-corrected chi connectivity index (χ0v) is 12.5. The van der Waals surface area contributed by atoms with Gasteiger partial charge in [0.1, 0.15) is 5.78 Å². The Kier molecular flexibility index (Phi) is 7.03. The molecule has 0 saturated heterocycles. The van der Waals surface area contributed by atoms with E-state index in [0.29, 0.717) is 36.2 Å². The van der Waals surface area contributed by atoms with Gasteiger partial charge in [0.15, 0.2) is 0 Å². The molecule has 0 aliphatic rings. The van der Waals surface area contributed by atoms with Gasteiger partial charge < -0.3 is 5.73 Å². The van der Waals surface area contributed by atoms with Crippen LogP contribution >= 0.6 is 11.6 Å². The van der Waals surface area contributed by atoms with Gasteiger partial charge in [-0.2, -0.15) is 0 Å². The molecule has 0 amide bonds. The van der Waals surface area contributed by atoms with Gasteiger partial charge in [-0.1, -0.05) is 25.4 Å². The highest BCUT2D eigenvalue weighted by atomic mass is 35.5. The standard InChI is InChI=1S/C15H23ClN2O/c1-11(2)12(5-7-17)3-4-14(19)9-13-6-8-18-10-15(13)16/h6,8,10-12H,3-5,7,9,17H2,1-2H3. The molecule has 0 aliphatic heterocycles. The van der Waals surface area contributed by atoms with Crippen LogP contribution in [0.5, 0.6) is 0 Å². The lowest BCUT2D eigenvalue weighted by molar-refractivity contribution is -0.118. The Morgan fingerprint density at radius 1 is 1.42 bits per heavy atom. The van der Waals surface area contributed by atoms with E-state index in [0.717, 1.165) is 18.4 Å². The van der Waals surface area contributed by atoms with E-state index < -0.39 is 0 Å². The molecular formula is C15H23ClN2O. The lowest BCUT2D eigenvalue weighted by Gasteiger charge is -2.19. The molecule has 4 heteroatoms. The Morgan fingerprint density at radius 2 is 2.16 bits per heavy atom. The van der Waals surface area contributed by atoms with E-state index in [9.17, 15) is 4.79 Å². The topological polar surface area (TPSA) is 56.0 Å². The third-order valence-corrected chi connectivity index (χ3v) is 3.86. The summed E-state index contributed by atoms with van der Waals surface area (Å²) >= 11 is 6.00. The van der Waals surface area contributed by atoms with E-state index in [4.69, 9.17) is 17.3 Å². The van der Waals surface area contributed by atoms with Crippen molar-refractivity contribution in [1.29, 1.82) is 0 Å². The van der Waals surface area contributed by atoms with Crippen molar-refractivity contribution >= 4 is 17.4 Å². The first-order valence-corrected chi connectivity index (χ1v) is 7.22. The van der Waals surface area contributed by atoms with E-state index >= 15 is 0 Å². The van der Waals surface area contributed by atoms with Crippen LogP contribution in [0.3, 0.4) is 0 Å². The lowest BCUT2D eigenvalue weighted by Crippen LogP contribution is -2.16. The molecule has 1 aromatic rings. The fourth-order valence-corrected chi connectivity index (χ4v) is 2.41. The van der Waals surface area contributed by atoms with Gasteiger partial charge in [0.2, 0.25) is 0 Å². The maximum Gasteiger partial charge on any atom is 0.137 e. The van der Waals surface area contributed by atoms with Crippen molar-refractivity contribution in [3.05, 3.63) is 29.0 Å². The normalized spacial score (nSPS) is 12.7. The van der Waals surface area contributed by atoms with Crippen LogP contribution < -0.4 is 5.73 Å². The fraction of sp³-hybridized carbons (Fsp3) is 0.600. The Bertz CT molecular complexity index is 407. The molecule has 1 unspecified atom stereocenters. The zero-order valence-electron chi connectivity index (χ0n) is 11.7. The monoisotopic (exact) mass is 282 g/mol. The number of carbonyl (C=O) groups is 1. The van der Waals surface area contributed by atoms with Crippen LogP contribution in [-0.4, -0.2) is 17.3 Å². The first-order valence-electron chi connectivity index (χ1n) is 6.84. The molecule has 1 heterocycles. The van der Waals surface area contributed by atoms with Crippen LogP contribution in [0, 0.1) is 11.8 Å². The number of aromatic nitrogens is 1. The second-order valence-corrected chi connectivity index (χ2v) is 5.71. The minimum Gasteiger partial charge on any atom is -0.330 e. The molecule has 3 nitrogen and oxygen atoms in total. The molecular weight excluding hydrogens is 260 g/mol. The largest absolute Gasteiger partial charge is 0.330 e. The SMILES string of the molecule is CC(C)C(CCN)CCC(=O)Cc1ccncc1Cl. The van der Waals surface area contributed by atoms with Crippen molar-refractivity contribution in [2.75, 3.05) is 6.54 Å². The van der Waals surface area contributed by atoms with Crippen LogP contribution in [0.4, 0.5) is 0 Å². The Morgan fingerprint density at radius 3 is 2.74 bits per heavy atom. The predicted molar refractivity (Wildman–Crippen MR) is 79.2 cm³/mol. The smallest absolute Gasteiger partial charge is 0.137 e. The number of nitrogens with two attached hydrogens (primary N) is 1. The number of hydrogen-bond donors (Lipinski definition) is 1. The molecule has 0 aromatic carbocycles. The molecule has 19 heavy (non-hydrogen) atoms. The summed E-state index contributed by atoms with van der Waals surface area (Å²) in [5, 5.41) is 0.568. The number of carbonyl (C=O) groups excluding carboxylic acids is 1. The number of hydrogen-bond acceptors (Lipinski definition) is 3. The highest BCUT2D eigenvalue weighted by molar-refractivity contribution is 6.31. The van der Waals surface area contributed by atoms with Crippen LogP contribution in [-0.2, 0) is 11.2 Å². The molecule has 0 bridgehead atoms. The van der Waals surface area contributed by atoms with Gasteiger partial charge in [0.25, 0.3) is 0 Å². The maximum absolute atomic E-state index is 12.0. The van der Waals surface area contributed by atoms with Gasteiger partial charge in [-0.05, 0) is 42.9 Å². The van der Waals surface area contributed by atoms with E-state index in [2.05, 4.69) is 18.8 Å². The summed E-state index contributed by atoms with van der Waals surface area (Å²) in [7, 11) is 0. The van der Waals surface area contributed by atoms with Crippen LogP contribution in [0.1, 0.15) is 38.7 Å². The lowest BCUT2D eigenvalue weighted by atomic mass is 9.87. The highest BCUT2D eigenvalue weighted by Crippen LogP contribution is 2.21. The molecule has 0 fully saturated rings. The molecule has 1 atom stereocenters. The summed E-state index contributed by atoms with van der Waals surface area (Å²) in [6.45, 7) is 5.06. The maximum atomic E-state index is 12.0. The van der Waals surface area contributed by atoms with Gasteiger partial charge in [0.05, 0.1) is 5.02 Å². The summed E-state index contributed by atoms with van der Waals surface area (Å²) in [6, 6.07) is 1.81. The highest BCUT2D eigenvalue weighted by Gasteiger charge is 2.15. The first-order chi connectivity index (χ1) is 9.04. The summed E-state index contributed by atoms with van der Waals surface area (Å²) in [5.74, 6) is 1.33. The van der Waals surface area contributed by atoms with Crippen LogP contribution in [0.25, 0.3) is 0 Å². The summed E-state index contributed by atoms with van der Waals surface area (Å²) in [4.78, 5) is 15.9. The van der Waals surface area contributed by atoms with Gasteiger partial charge in [0, 0.05) is 25.2 Å². The number of ketones is 1. The molecule has 1 aromatic heterocycles. The van der Waals surface area contributed by atoms with Gasteiger partial charge in [-0.25, -0.2) is 0 Å². The zero-order chi connectivity index (χ0) is 14.3. The number of pyridine rings is 1. The first kappa shape index (κ1) is 16.1. The average molecular weight is 283 g/mol. The van der Waals surface area contributed by atoms with Crippen molar-refractivity contribution < 1.29 is 4.79 Å². The van der Waals surface area contributed by atoms with Crippen molar-refractivity contribution in [2.24, 2.45) is 17.6 Å². The Hall–Kier alpha value is -0.930. The van der Waals surface area contributed by atoms with E-state index in [-0.39, 0.29) is 5.78 Å². The van der Waals surface area contributed by atoms with Crippen LogP contribution in [0.2, 0.25) is 5.02 Å². The van der Waals surface area contributed by atoms with Crippen LogP contribution in [0.15, 0.2) is 18.5 Å². The molecule has 1 rings (SSSR count). The van der Waals surface area contributed by atoms with Crippen molar-refractivity contribution in [3.63, 3.8) is 0 Å². The number of nitrogens with zero attached hydrogens (tertiary/aromatic N) is 1. The number of rotatable bonds is 8. The third kappa shape index (κ3) is 5.70. The molecule has 0 aliphatic carbocycles. The molecule has 0 radical (unpaired) electrons. The van der Waals surface area contributed by atoms with Crippen molar-refractivity contribution in [2.45, 2.75) is 39.5 Å². The predicted octanol–water partition coefficient (Wildman–Crippen LogP) is 3.25. The number of Topliss-reactive ketones (excluding diaryl/α,β-unsaturated/α-hetero) is 1. The summed E-state index contributed by atoms with van der Waals surface area (Å²) in [5.41, 5.74) is 6.47. The average Bonchev–Trinajstić information content (AvgIpc) is 2.37. The molecule has 0 spiro atoms. The van der Waals surface area contributed by atoms with E-state index in [1.54, 1.807) is 18.5 Å². The van der Waals surface area contributed by atoms with Crippen molar-refractivity contribution in [1.82, 2.24) is 4.98 Å². The van der Waals surface area contributed by atoms with Crippen molar-refractivity contribution in [3.8, 4) is 0 Å². The Labute approximate surface area is 120 Å². The van der Waals surface area contributed by atoms with E-state index in [1.807, 2.05) is 0 Å². The second-order valence-electron chi connectivity index (χ2n) is 5.30. The molecule has 0 saturated carbocycles. The van der Waals surface area contributed by atoms with Gasteiger partial charge >= 0.3 is 0 Å². The minimum absolute atomic E-state index is 0.232. The van der Waals surface area contributed by atoms with Gasteiger partial charge in [-0.3, -0.25) is 9.78 Å². The van der Waals surface area contributed by atoms with Gasteiger partial charge in [-0.15, -0.1) is 0 Å². The summed E-state index contributed by atoms with van der Waals surface area (Å²) < 4.78 is 0.